The maximum absolute atomic E-state index is 17.0. The average molecular weight is 675 g/mol. The Kier molecular flexibility index (Phi) is 10.1. The lowest BCUT2D eigenvalue weighted by Crippen LogP contribution is -2.80. The van der Waals surface area contributed by atoms with Gasteiger partial charge in [-0.25, -0.2) is 13.6 Å². The third kappa shape index (κ3) is 6.20. The normalized spacial score (nSPS) is 47.1. The molecule has 7 saturated heterocycles. The highest BCUT2D eigenvalue weighted by molar-refractivity contribution is 5.87. The van der Waals surface area contributed by atoms with E-state index in [0.717, 1.165) is 65.0 Å². The number of alkyl halides is 2. The second-order valence-electron chi connectivity index (χ2n) is 16.5. The molecule has 0 aromatic heterocycles. The molecule has 8 aliphatic rings. The lowest BCUT2D eigenvalue weighted by atomic mass is 9.71. The molecule has 3 amide bonds. The molecule has 270 valence electrons. The largest absolute Gasteiger partial charge is 0.334 e. The van der Waals surface area contributed by atoms with Crippen LogP contribution in [0.25, 0.3) is 0 Å². The summed E-state index contributed by atoms with van der Waals surface area (Å²) < 4.78 is 33.3. The summed E-state index contributed by atoms with van der Waals surface area (Å²) in [5.74, 6) is -0.192. The number of nitrogens with one attached hydrogen (secondary N) is 3. The standard InChI is InChI=1S/C36H60F2N8O2/c1-6-29(47)44-19-23(5)45(20-22(44)4)34-25-18-27(38)32-30-26(37)8-7-9-28(30)43-16-14-42(15-17-43)13-11-24-10-12-39-31(21(2)3)33(24)46(35(25)40-32)36(48)41-34/h6,21-28,30-35,39-40H,1,7-20H2,2-5H3,(H,41,48)/t22-,23+,24?,25?,26?,27?,28?,30?,31?,32?,33?,34?,35?/m1/s1. The number of fused-ring (bicyclic) bond motifs is 3. The van der Waals surface area contributed by atoms with Gasteiger partial charge in [0.15, 0.2) is 0 Å². The summed E-state index contributed by atoms with van der Waals surface area (Å²) >= 11 is 0. The Balaban J connectivity index is 1.28. The first-order valence-electron chi connectivity index (χ1n) is 19.1. The number of carbonyl (C=O) groups is 2. The summed E-state index contributed by atoms with van der Waals surface area (Å²) in [6.45, 7) is 19.0. The van der Waals surface area contributed by atoms with Gasteiger partial charge in [-0.05, 0) is 83.4 Å². The molecule has 3 N–H and O–H groups in total. The fraction of sp³-hybridized carbons (Fsp3) is 0.889. The number of amides is 3. The fourth-order valence-corrected chi connectivity index (χ4v) is 11.0. The highest BCUT2D eigenvalue weighted by atomic mass is 19.1. The second-order valence-corrected chi connectivity index (χ2v) is 16.5. The monoisotopic (exact) mass is 674 g/mol. The van der Waals surface area contributed by atoms with Crippen molar-refractivity contribution >= 4 is 11.9 Å². The fourth-order valence-electron chi connectivity index (χ4n) is 11.0. The van der Waals surface area contributed by atoms with E-state index in [2.05, 4.69) is 62.9 Å². The van der Waals surface area contributed by atoms with Gasteiger partial charge in [0.05, 0.1) is 18.4 Å². The van der Waals surface area contributed by atoms with Crippen molar-refractivity contribution in [2.75, 3.05) is 52.4 Å². The Labute approximate surface area is 286 Å². The molecule has 7 heterocycles. The minimum Gasteiger partial charge on any atom is -0.334 e. The molecular weight excluding hydrogens is 614 g/mol. The van der Waals surface area contributed by atoms with E-state index < -0.39 is 36.6 Å². The summed E-state index contributed by atoms with van der Waals surface area (Å²) in [5.41, 5.74) is 0. The van der Waals surface area contributed by atoms with Crippen molar-refractivity contribution in [2.24, 2.45) is 23.7 Å². The van der Waals surface area contributed by atoms with Gasteiger partial charge in [-0.2, -0.15) is 0 Å². The van der Waals surface area contributed by atoms with Crippen molar-refractivity contribution in [2.45, 2.75) is 127 Å². The number of piperidine rings is 2. The zero-order valence-corrected chi connectivity index (χ0v) is 29.6. The van der Waals surface area contributed by atoms with E-state index >= 15 is 8.78 Å². The summed E-state index contributed by atoms with van der Waals surface area (Å²) in [4.78, 5) is 38.6. The van der Waals surface area contributed by atoms with E-state index in [-0.39, 0.29) is 54.5 Å². The third-order valence-corrected chi connectivity index (χ3v) is 13.4. The average Bonchev–Trinajstić information content (AvgIpc) is 3.07. The number of rotatable bonds is 3. The molecule has 0 aromatic carbocycles. The zero-order valence-electron chi connectivity index (χ0n) is 29.6. The van der Waals surface area contributed by atoms with Crippen LogP contribution in [0.15, 0.2) is 12.7 Å². The van der Waals surface area contributed by atoms with Crippen LogP contribution in [0.3, 0.4) is 0 Å². The van der Waals surface area contributed by atoms with Crippen LogP contribution in [0.4, 0.5) is 13.6 Å². The number of urea groups is 1. The number of carbonyl (C=O) groups excluding carboxylic acids is 2. The van der Waals surface area contributed by atoms with Gasteiger partial charge < -0.3 is 25.3 Å². The molecule has 0 aromatic rings. The van der Waals surface area contributed by atoms with Crippen molar-refractivity contribution in [1.82, 2.24) is 40.4 Å². The van der Waals surface area contributed by atoms with Gasteiger partial charge in [0.1, 0.15) is 12.3 Å². The van der Waals surface area contributed by atoms with E-state index in [9.17, 15) is 9.59 Å². The molecule has 1 saturated carbocycles. The molecule has 48 heavy (non-hydrogen) atoms. The minimum atomic E-state index is -1.24. The smallest absolute Gasteiger partial charge is 0.320 e. The molecule has 7 aliphatic heterocycles. The van der Waals surface area contributed by atoms with Crippen molar-refractivity contribution in [3.8, 4) is 0 Å². The Morgan fingerprint density at radius 1 is 0.958 bits per heavy atom. The van der Waals surface area contributed by atoms with Crippen LogP contribution < -0.4 is 16.0 Å². The maximum atomic E-state index is 17.0. The number of hydrogen-bond donors (Lipinski definition) is 3. The van der Waals surface area contributed by atoms with Crippen LogP contribution in [0, 0.1) is 23.7 Å². The Morgan fingerprint density at radius 3 is 2.46 bits per heavy atom. The Morgan fingerprint density at radius 2 is 1.73 bits per heavy atom. The summed E-state index contributed by atoms with van der Waals surface area (Å²) in [7, 11) is 0. The van der Waals surface area contributed by atoms with Gasteiger partial charge in [-0.3, -0.25) is 19.9 Å². The molecule has 0 spiro atoms. The van der Waals surface area contributed by atoms with Crippen molar-refractivity contribution in [3.05, 3.63) is 12.7 Å². The van der Waals surface area contributed by atoms with Gasteiger partial charge in [-0.1, -0.05) is 20.4 Å². The quantitative estimate of drug-likeness (QED) is 0.397. The van der Waals surface area contributed by atoms with Crippen LogP contribution in [0.2, 0.25) is 0 Å². The van der Waals surface area contributed by atoms with E-state index in [0.29, 0.717) is 31.3 Å². The highest BCUT2D eigenvalue weighted by Crippen LogP contribution is 2.44. The molecule has 0 radical (unpaired) electrons. The number of nitrogens with zero attached hydrogens (tertiary/aromatic N) is 5. The van der Waals surface area contributed by atoms with Crippen LogP contribution in [-0.4, -0.2) is 150 Å². The van der Waals surface area contributed by atoms with Crippen molar-refractivity contribution < 1.29 is 18.4 Å². The first-order valence-corrected chi connectivity index (χ1v) is 19.1. The predicted octanol–water partition coefficient (Wildman–Crippen LogP) is 2.62. The van der Waals surface area contributed by atoms with E-state index in [1.54, 1.807) is 0 Å². The topological polar surface area (TPSA) is 86.4 Å². The van der Waals surface area contributed by atoms with E-state index in [1.165, 1.54) is 6.08 Å². The Bertz CT molecular complexity index is 1190. The van der Waals surface area contributed by atoms with E-state index in [1.807, 2.05) is 11.8 Å². The maximum Gasteiger partial charge on any atom is 0.320 e. The molecule has 8 fully saturated rings. The Hall–Kier alpha value is -1.86. The lowest BCUT2D eigenvalue weighted by Gasteiger charge is -2.61. The summed E-state index contributed by atoms with van der Waals surface area (Å²) in [6, 6.07) is -0.870. The molecule has 13 atom stereocenters. The molecule has 10 nitrogen and oxygen atoms in total. The second kappa shape index (κ2) is 14.0. The summed E-state index contributed by atoms with van der Waals surface area (Å²) in [6.07, 6.45) is 2.69. The molecule has 4 bridgehead atoms. The highest BCUT2D eigenvalue weighted by Gasteiger charge is 2.58. The third-order valence-electron chi connectivity index (χ3n) is 13.4. The molecule has 12 heteroatoms. The molecular formula is C36H60F2N8O2. The van der Waals surface area contributed by atoms with Gasteiger partial charge >= 0.3 is 6.03 Å². The van der Waals surface area contributed by atoms with Gasteiger partial charge in [-0.15, -0.1) is 0 Å². The number of hydrogen-bond acceptors (Lipinski definition) is 7. The van der Waals surface area contributed by atoms with Gasteiger partial charge in [0.25, 0.3) is 0 Å². The zero-order chi connectivity index (χ0) is 33.9. The number of halogens is 2. The van der Waals surface area contributed by atoms with Crippen molar-refractivity contribution in [1.29, 1.82) is 0 Å². The first-order chi connectivity index (χ1) is 23.1. The SMILES string of the molecule is C=CC(=O)N1C[C@H](C)N(C2NC(=O)N3C4NC(C(F)CC42)C2C(F)CCCC2N2CCN(CCC4CCNC(C(C)C)C43)CC2)C[C@H]1C. The van der Waals surface area contributed by atoms with Gasteiger partial charge in [0.2, 0.25) is 5.91 Å². The van der Waals surface area contributed by atoms with Crippen LogP contribution in [0.1, 0.15) is 66.2 Å². The minimum absolute atomic E-state index is 0.00309. The van der Waals surface area contributed by atoms with Gasteiger partial charge in [0, 0.05) is 81.3 Å². The molecule has 11 unspecified atom stereocenters. The van der Waals surface area contributed by atoms with Crippen LogP contribution in [0.5, 0.6) is 0 Å². The van der Waals surface area contributed by atoms with Crippen molar-refractivity contribution in [3.63, 3.8) is 0 Å². The molecule has 1 aliphatic carbocycles. The first kappa shape index (κ1) is 34.6. The van der Waals surface area contributed by atoms with E-state index in [4.69, 9.17) is 0 Å². The predicted molar refractivity (Wildman–Crippen MR) is 183 cm³/mol. The summed E-state index contributed by atoms with van der Waals surface area (Å²) in [5, 5.41) is 11.0. The lowest BCUT2D eigenvalue weighted by molar-refractivity contribution is -0.137. The number of piperazine rings is 2. The van der Waals surface area contributed by atoms with Crippen LogP contribution >= 0.6 is 0 Å². The molecule has 8 rings (SSSR count). The van der Waals surface area contributed by atoms with Crippen LogP contribution in [-0.2, 0) is 4.79 Å².